The highest BCUT2D eigenvalue weighted by atomic mass is 32.2. The highest BCUT2D eigenvalue weighted by Crippen LogP contribution is 2.30. The van der Waals surface area contributed by atoms with Crippen LogP contribution >= 0.6 is 0 Å². The zero-order valence-electron chi connectivity index (χ0n) is 8.96. The number of nitrogen functional groups attached to an aromatic ring is 1. The SMILES string of the molecule is Nc1cc(C(=O)O)ccc1N1CCCS1(=O)=O. The average Bonchev–Trinajstić information content (AvgIpc) is 2.58. The highest BCUT2D eigenvalue weighted by Gasteiger charge is 2.29. The van der Waals surface area contributed by atoms with Gasteiger partial charge in [0.05, 0.1) is 22.7 Å². The van der Waals surface area contributed by atoms with E-state index < -0.39 is 16.0 Å². The molecule has 92 valence electrons. The summed E-state index contributed by atoms with van der Waals surface area (Å²) in [5.41, 5.74) is 6.25. The van der Waals surface area contributed by atoms with Crippen LogP contribution in [0.25, 0.3) is 0 Å². The minimum Gasteiger partial charge on any atom is -0.478 e. The van der Waals surface area contributed by atoms with Gasteiger partial charge in [-0.25, -0.2) is 13.2 Å². The zero-order valence-corrected chi connectivity index (χ0v) is 9.77. The second kappa shape index (κ2) is 3.92. The summed E-state index contributed by atoms with van der Waals surface area (Å²) in [6.45, 7) is 0.388. The molecule has 1 aromatic carbocycles. The second-order valence-corrected chi connectivity index (χ2v) is 5.83. The van der Waals surface area contributed by atoms with E-state index in [1.807, 2.05) is 0 Å². The lowest BCUT2D eigenvalue weighted by atomic mass is 10.1. The van der Waals surface area contributed by atoms with Crippen LogP contribution in [0.2, 0.25) is 0 Å². The van der Waals surface area contributed by atoms with E-state index in [4.69, 9.17) is 10.8 Å². The number of rotatable bonds is 2. The first-order valence-electron chi connectivity index (χ1n) is 5.05. The van der Waals surface area contributed by atoms with Gasteiger partial charge in [-0.1, -0.05) is 0 Å². The molecule has 3 N–H and O–H groups in total. The third-order valence-corrected chi connectivity index (χ3v) is 4.50. The second-order valence-electron chi connectivity index (χ2n) is 3.82. The molecule has 0 amide bonds. The number of hydrogen-bond acceptors (Lipinski definition) is 4. The van der Waals surface area contributed by atoms with Crippen LogP contribution in [0.4, 0.5) is 11.4 Å². The van der Waals surface area contributed by atoms with Crippen molar-refractivity contribution in [1.29, 1.82) is 0 Å². The fraction of sp³-hybridized carbons (Fsp3) is 0.300. The van der Waals surface area contributed by atoms with Crippen LogP contribution in [-0.4, -0.2) is 31.8 Å². The van der Waals surface area contributed by atoms with Gasteiger partial charge in [0, 0.05) is 6.54 Å². The molecule has 1 heterocycles. The first-order valence-corrected chi connectivity index (χ1v) is 6.66. The Hall–Kier alpha value is -1.76. The van der Waals surface area contributed by atoms with Crippen molar-refractivity contribution in [3.05, 3.63) is 23.8 Å². The molecule has 0 radical (unpaired) electrons. The number of nitrogens with zero attached hydrogens (tertiary/aromatic N) is 1. The molecular formula is C10H12N2O4S. The number of carbonyl (C=O) groups is 1. The number of nitrogens with two attached hydrogens (primary N) is 1. The summed E-state index contributed by atoms with van der Waals surface area (Å²) in [6, 6.07) is 4.05. The van der Waals surface area contributed by atoms with Crippen molar-refractivity contribution in [2.45, 2.75) is 6.42 Å². The molecule has 0 spiro atoms. The Morgan fingerprint density at radius 3 is 2.59 bits per heavy atom. The van der Waals surface area contributed by atoms with Gasteiger partial charge in [-0.3, -0.25) is 4.31 Å². The predicted molar refractivity (Wildman–Crippen MR) is 63.6 cm³/mol. The lowest BCUT2D eigenvalue weighted by Gasteiger charge is -2.18. The van der Waals surface area contributed by atoms with Gasteiger partial charge in [0.2, 0.25) is 10.0 Å². The van der Waals surface area contributed by atoms with Crippen LogP contribution in [0.1, 0.15) is 16.8 Å². The van der Waals surface area contributed by atoms with Crippen molar-refractivity contribution in [2.75, 3.05) is 22.3 Å². The van der Waals surface area contributed by atoms with Crippen LogP contribution in [0.3, 0.4) is 0 Å². The Bertz CT molecular complexity index is 568. The molecule has 1 fully saturated rings. The van der Waals surface area contributed by atoms with Gasteiger partial charge in [0.1, 0.15) is 0 Å². The molecule has 17 heavy (non-hydrogen) atoms. The third-order valence-electron chi connectivity index (χ3n) is 2.64. The first kappa shape index (κ1) is 11.7. The highest BCUT2D eigenvalue weighted by molar-refractivity contribution is 7.93. The molecule has 2 rings (SSSR count). The molecule has 1 aliphatic heterocycles. The summed E-state index contributed by atoms with van der Waals surface area (Å²) in [7, 11) is -3.29. The molecule has 1 saturated heterocycles. The fourth-order valence-electron chi connectivity index (χ4n) is 1.82. The molecule has 1 aliphatic rings. The quantitative estimate of drug-likeness (QED) is 0.751. The Labute approximate surface area is 98.7 Å². The maximum atomic E-state index is 11.7. The molecule has 0 unspecified atom stereocenters. The number of hydrogen-bond donors (Lipinski definition) is 2. The van der Waals surface area contributed by atoms with Crippen molar-refractivity contribution in [2.24, 2.45) is 0 Å². The summed E-state index contributed by atoms with van der Waals surface area (Å²) in [5.74, 6) is -0.986. The number of benzene rings is 1. The first-order chi connectivity index (χ1) is 7.92. The van der Waals surface area contributed by atoms with Gasteiger partial charge in [0.15, 0.2) is 0 Å². The minimum atomic E-state index is -3.29. The minimum absolute atomic E-state index is 0.0443. The smallest absolute Gasteiger partial charge is 0.335 e. The monoisotopic (exact) mass is 256 g/mol. The Balaban J connectivity index is 2.44. The largest absolute Gasteiger partial charge is 0.478 e. The van der Waals surface area contributed by atoms with Crippen molar-refractivity contribution in [3.8, 4) is 0 Å². The van der Waals surface area contributed by atoms with Crippen LogP contribution in [-0.2, 0) is 10.0 Å². The van der Waals surface area contributed by atoms with Crippen molar-refractivity contribution >= 4 is 27.4 Å². The normalized spacial score (nSPS) is 18.2. The lowest BCUT2D eigenvalue weighted by Crippen LogP contribution is -2.26. The fourth-order valence-corrected chi connectivity index (χ4v) is 3.41. The molecule has 0 aromatic heterocycles. The van der Waals surface area contributed by atoms with Crippen molar-refractivity contribution in [1.82, 2.24) is 0 Å². The average molecular weight is 256 g/mol. The molecule has 0 saturated carbocycles. The van der Waals surface area contributed by atoms with Crippen LogP contribution < -0.4 is 10.0 Å². The van der Waals surface area contributed by atoms with Crippen molar-refractivity contribution in [3.63, 3.8) is 0 Å². The van der Waals surface area contributed by atoms with Gasteiger partial charge in [-0.15, -0.1) is 0 Å². The summed E-state index contributed by atoms with van der Waals surface area (Å²) in [4.78, 5) is 10.7. The number of carboxylic acid groups (broad SMARTS) is 1. The molecule has 0 bridgehead atoms. The van der Waals surface area contributed by atoms with E-state index in [0.29, 0.717) is 18.7 Å². The van der Waals surface area contributed by atoms with Crippen LogP contribution in [0.15, 0.2) is 18.2 Å². The number of carboxylic acids is 1. The van der Waals surface area contributed by atoms with Crippen molar-refractivity contribution < 1.29 is 18.3 Å². The maximum Gasteiger partial charge on any atom is 0.335 e. The van der Waals surface area contributed by atoms with E-state index in [-0.39, 0.29) is 17.0 Å². The van der Waals surface area contributed by atoms with E-state index in [2.05, 4.69) is 0 Å². The molecule has 1 aromatic rings. The molecular weight excluding hydrogens is 244 g/mol. The van der Waals surface area contributed by atoms with E-state index in [0.717, 1.165) is 0 Å². The number of anilines is 2. The summed E-state index contributed by atoms with van der Waals surface area (Å²) in [6.07, 6.45) is 0.558. The molecule has 0 aliphatic carbocycles. The number of sulfonamides is 1. The van der Waals surface area contributed by atoms with Crippen LogP contribution in [0, 0.1) is 0 Å². The Kier molecular flexibility index (Phi) is 2.70. The maximum absolute atomic E-state index is 11.7. The standard InChI is InChI=1S/C10H12N2O4S/c11-8-6-7(10(13)14)2-3-9(8)12-4-1-5-17(12,15)16/h2-3,6H,1,4-5,11H2,(H,13,14). The molecule has 7 heteroatoms. The lowest BCUT2D eigenvalue weighted by molar-refractivity contribution is 0.0697. The number of aromatic carboxylic acids is 1. The summed E-state index contributed by atoms with van der Waals surface area (Å²) < 4.78 is 24.6. The third kappa shape index (κ3) is 2.05. The van der Waals surface area contributed by atoms with Crippen LogP contribution in [0.5, 0.6) is 0 Å². The molecule has 0 atom stereocenters. The topological polar surface area (TPSA) is 101 Å². The van der Waals surface area contributed by atoms with Gasteiger partial charge >= 0.3 is 5.97 Å². The molecule has 6 nitrogen and oxygen atoms in total. The van der Waals surface area contributed by atoms with E-state index in [9.17, 15) is 13.2 Å². The Morgan fingerprint density at radius 2 is 2.12 bits per heavy atom. The summed E-state index contributed by atoms with van der Waals surface area (Å²) >= 11 is 0. The predicted octanol–water partition coefficient (Wildman–Crippen LogP) is 0.507. The van der Waals surface area contributed by atoms with Gasteiger partial charge < -0.3 is 10.8 Å². The van der Waals surface area contributed by atoms with E-state index in [1.165, 1.54) is 22.5 Å². The van der Waals surface area contributed by atoms with E-state index >= 15 is 0 Å². The van der Waals surface area contributed by atoms with Gasteiger partial charge in [-0.05, 0) is 24.6 Å². The zero-order chi connectivity index (χ0) is 12.6. The Morgan fingerprint density at radius 1 is 1.41 bits per heavy atom. The summed E-state index contributed by atoms with van der Waals surface area (Å²) in [5, 5.41) is 8.78. The van der Waals surface area contributed by atoms with E-state index in [1.54, 1.807) is 0 Å². The van der Waals surface area contributed by atoms with Gasteiger partial charge in [0.25, 0.3) is 0 Å². The van der Waals surface area contributed by atoms with Gasteiger partial charge in [-0.2, -0.15) is 0 Å².